The molecule has 1 N–H and O–H groups in total. The molecule has 3 aromatic rings. The number of hydrogen-bond donors (Lipinski definition) is 1. The van der Waals surface area contributed by atoms with Gasteiger partial charge in [-0.15, -0.1) is 0 Å². The largest absolute Gasteiger partial charge is 0.361 e. The number of nitrogens with one attached hydrogen (secondary N) is 1. The zero-order chi connectivity index (χ0) is 19.9. The monoisotopic (exact) mass is 406 g/mol. The molecule has 12 heteroatoms. The van der Waals surface area contributed by atoms with E-state index in [1.807, 2.05) is 0 Å². The Labute approximate surface area is 152 Å². The number of hydrogen-bond acceptors (Lipinski definition) is 4. The normalized spacial score (nSPS) is 11.1. The van der Waals surface area contributed by atoms with E-state index in [0.29, 0.717) is 5.02 Å². The Bertz CT molecular complexity index is 1020. The van der Waals surface area contributed by atoms with Crippen LogP contribution in [0.3, 0.4) is 0 Å². The van der Waals surface area contributed by atoms with Crippen molar-refractivity contribution >= 4 is 23.2 Å². The molecule has 0 bridgehead atoms. The lowest BCUT2D eigenvalue weighted by Gasteiger charge is -2.09. The highest BCUT2D eigenvalue weighted by molar-refractivity contribution is 6.30. The summed E-state index contributed by atoms with van der Waals surface area (Å²) in [5.74, 6) is -12.1. The third-order valence-electron chi connectivity index (χ3n) is 3.57. The molecule has 2 aromatic heterocycles. The number of carbonyl (C=O) groups excluding carboxylic acids is 1. The van der Waals surface area contributed by atoms with E-state index in [1.165, 1.54) is 24.0 Å². The SMILES string of the molecule is Cc1onc(C(=O)Nc2c(F)c(F)c(F)c(F)c2F)c1Cn1cc(Cl)cn1. The molecule has 0 aliphatic carbocycles. The van der Waals surface area contributed by atoms with Crippen molar-refractivity contribution in [2.24, 2.45) is 0 Å². The van der Waals surface area contributed by atoms with Gasteiger partial charge < -0.3 is 9.84 Å². The highest BCUT2D eigenvalue weighted by Crippen LogP contribution is 2.28. The predicted molar refractivity (Wildman–Crippen MR) is 81.8 cm³/mol. The molecule has 1 aromatic carbocycles. The Morgan fingerprint density at radius 3 is 2.30 bits per heavy atom. The average Bonchev–Trinajstić information content (AvgIpc) is 3.21. The number of amides is 1. The molecular weight excluding hydrogens is 399 g/mol. The van der Waals surface area contributed by atoms with Crippen molar-refractivity contribution in [3.63, 3.8) is 0 Å². The van der Waals surface area contributed by atoms with Gasteiger partial charge in [0.2, 0.25) is 5.82 Å². The minimum absolute atomic E-state index is 0.0398. The van der Waals surface area contributed by atoms with Crippen molar-refractivity contribution < 1.29 is 31.3 Å². The van der Waals surface area contributed by atoms with Crippen molar-refractivity contribution in [1.29, 1.82) is 0 Å². The van der Waals surface area contributed by atoms with E-state index < -0.39 is 46.4 Å². The van der Waals surface area contributed by atoms with E-state index in [2.05, 4.69) is 10.3 Å². The first-order valence-corrected chi connectivity index (χ1v) is 7.54. The van der Waals surface area contributed by atoms with Crippen LogP contribution in [0.2, 0.25) is 5.02 Å². The number of anilines is 1. The molecule has 0 saturated carbocycles. The van der Waals surface area contributed by atoms with Crippen LogP contribution >= 0.6 is 11.6 Å². The average molecular weight is 407 g/mol. The van der Waals surface area contributed by atoms with Crippen LogP contribution in [0.15, 0.2) is 16.9 Å². The maximum absolute atomic E-state index is 13.7. The van der Waals surface area contributed by atoms with Crippen LogP contribution in [0.4, 0.5) is 27.6 Å². The van der Waals surface area contributed by atoms with E-state index >= 15 is 0 Å². The lowest BCUT2D eigenvalue weighted by Crippen LogP contribution is -2.19. The first-order valence-electron chi connectivity index (χ1n) is 7.16. The molecule has 0 unspecified atom stereocenters. The highest BCUT2D eigenvalue weighted by Gasteiger charge is 2.29. The molecule has 0 radical (unpaired) electrons. The third kappa shape index (κ3) is 3.37. The number of carbonyl (C=O) groups is 1. The van der Waals surface area contributed by atoms with Crippen LogP contribution < -0.4 is 5.32 Å². The molecule has 0 aliphatic rings. The summed E-state index contributed by atoms with van der Waals surface area (Å²) < 4.78 is 73.3. The first-order chi connectivity index (χ1) is 12.7. The van der Waals surface area contributed by atoms with Gasteiger partial charge in [-0.1, -0.05) is 16.8 Å². The number of aromatic nitrogens is 3. The van der Waals surface area contributed by atoms with E-state index in [0.717, 1.165) is 0 Å². The fourth-order valence-electron chi connectivity index (χ4n) is 2.23. The van der Waals surface area contributed by atoms with Crippen LogP contribution in [0.25, 0.3) is 0 Å². The second-order valence-corrected chi connectivity index (χ2v) is 5.76. The van der Waals surface area contributed by atoms with Gasteiger partial charge in [0, 0.05) is 11.8 Å². The lowest BCUT2D eigenvalue weighted by atomic mass is 10.1. The van der Waals surface area contributed by atoms with Gasteiger partial charge >= 0.3 is 0 Å². The quantitative estimate of drug-likeness (QED) is 0.406. The standard InChI is InChI=1S/C15H8ClF5N4O2/c1-5-7(4-25-3-6(16)2-22-25)13(24-27-5)15(26)23-14-11(20)9(18)8(17)10(19)12(14)21/h2-3H,4H2,1H3,(H,23,26). The summed E-state index contributed by atoms with van der Waals surface area (Å²) in [6.45, 7) is 1.42. The molecular formula is C15H8ClF5N4O2. The molecule has 2 heterocycles. The molecule has 0 fully saturated rings. The Morgan fingerprint density at radius 2 is 1.74 bits per heavy atom. The Kier molecular flexibility index (Phi) is 4.87. The maximum atomic E-state index is 13.7. The molecule has 142 valence electrons. The van der Waals surface area contributed by atoms with E-state index in [-0.39, 0.29) is 17.9 Å². The summed E-state index contributed by atoms with van der Waals surface area (Å²) in [5, 5.41) is 9.32. The Hall–Kier alpha value is -2.95. The fourth-order valence-corrected chi connectivity index (χ4v) is 2.39. The Morgan fingerprint density at radius 1 is 1.15 bits per heavy atom. The summed E-state index contributed by atoms with van der Waals surface area (Å²) in [6, 6.07) is 0. The predicted octanol–water partition coefficient (Wildman–Crippen LogP) is 3.83. The van der Waals surface area contributed by atoms with Crippen LogP contribution in [-0.4, -0.2) is 20.8 Å². The minimum Gasteiger partial charge on any atom is -0.361 e. The number of rotatable bonds is 4. The zero-order valence-electron chi connectivity index (χ0n) is 13.3. The fraction of sp³-hybridized carbons (Fsp3) is 0.133. The molecule has 3 rings (SSSR count). The van der Waals surface area contributed by atoms with Crippen molar-refractivity contribution in [1.82, 2.24) is 14.9 Å². The van der Waals surface area contributed by atoms with Crippen LogP contribution in [0, 0.1) is 36.0 Å². The van der Waals surface area contributed by atoms with Gasteiger partial charge in [-0.2, -0.15) is 5.10 Å². The van der Waals surface area contributed by atoms with Crippen molar-refractivity contribution in [2.75, 3.05) is 5.32 Å². The molecule has 0 aliphatic heterocycles. The topological polar surface area (TPSA) is 73.0 Å². The highest BCUT2D eigenvalue weighted by atomic mass is 35.5. The van der Waals surface area contributed by atoms with Gasteiger partial charge in [0.1, 0.15) is 11.4 Å². The molecule has 0 saturated heterocycles. The number of benzene rings is 1. The minimum atomic E-state index is -2.34. The van der Waals surface area contributed by atoms with Gasteiger partial charge in [-0.3, -0.25) is 9.48 Å². The van der Waals surface area contributed by atoms with Gasteiger partial charge in [0.15, 0.2) is 29.0 Å². The summed E-state index contributed by atoms with van der Waals surface area (Å²) in [7, 11) is 0. The van der Waals surface area contributed by atoms with E-state index in [4.69, 9.17) is 16.1 Å². The van der Waals surface area contributed by atoms with Gasteiger partial charge in [0.05, 0.1) is 17.8 Å². The zero-order valence-corrected chi connectivity index (χ0v) is 14.0. The van der Waals surface area contributed by atoms with Crippen LogP contribution in [0.5, 0.6) is 0 Å². The van der Waals surface area contributed by atoms with E-state index in [9.17, 15) is 26.7 Å². The van der Waals surface area contributed by atoms with Gasteiger partial charge in [0.25, 0.3) is 5.91 Å². The summed E-state index contributed by atoms with van der Waals surface area (Å²) in [6.07, 6.45) is 2.76. The number of nitrogens with zero attached hydrogens (tertiary/aromatic N) is 3. The number of aryl methyl sites for hydroxylation is 1. The summed E-state index contributed by atoms with van der Waals surface area (Å²) in [4.78, 5) is 12.3. The van der Waals surface area contributed by atoms with Gasteiger partial charge in [-0.25, -0.2) is 22.0 Å². The number of halogens is 6. The molecule has 27 heavy (non-hydrogen) atoms. The Balaban J connectivity index is 1.95. The molecule has 1 amide bonds. The second-order valence-electron chi connectivity index (χ2n) is 5.32. The van der Waals surface area contributed by atoms with Crippen molar-refractivity contribution in [3.05, 3.63) is 63.5 Å². The van der Waals surface area contributed by atoms with Crippen molar-refractivity contribution in [2.45, 2.75) is 13.5 Å². The van der Waals surface area contributed by atoms with Crippen LogP contribution in [0.1, 0.15) is 21.8 Å². The molecule has 6 nitrogen and oxygen atoms in total. The lowest BCUT2D eigenvalue weighted by molar-refractivity contribution is 0.101. The second kappa shape index (κ2) is 6.99. The van der Waals surface area contributed by atoms with Gasteiger partial charge in [-0.05, 0) is 6.92 Å². The summed E-state index contributed by atoms with van der Waals surface area (Å²) in [5.41, 5.74) is -1.73. The maximum Gasteiger partial charge on any atom is 0.278 e. The molecule has 0 spiro atoms. The molecule has 0 atom stereocenters. The van der Waals surface area contributed by atoms with Crippen molar-refractivity contribution in [3.8, 4) is 0 Å². The van der Waals surface area contributed by atoms with Crippen LogP contribution in [-0.2, 0) is 6.54 Å². The van der Waals surface area contributed by atoms with E-state index in [1.54, 1.807) is 5.32 Å². The third-order valence-corrected chi connectivity index (χ3v) is 3.77. The summed E-state index contributed by atoms with van der Waals surface area (Å²) >= 11 is 5.74. The first kappa shape index (κ1) is 18.8. The smallest absolute Gasteiger partial charge is 0.278 e.